The maximum atomic E-state index is 13.8. The second-order valence-electron chi connectivity index (χ2n) is 7.43. The number of hydrogen-bond acceptors (Lipinski definition) is 3. The first-order valence-corrected chi connectivity index (χ1v) is 11.0. The fourth-order valence-corrected chi connectivity index (χ4v) is 6.26. The molecule has 5 nitrogen and oxygen atoms in total. The summed E-state index contributed by atoms with van der Waals surface area (Å²) in [4.78, 5) is 15.1. The molecule has 146 valence electrons. The summed E-state index contributed by atoms with van der Waals surface area (Å²) < 4.78 is 29.0. The normalized spacial score (nSPS) is 21.3. The smallest absolute Gasteiger partial charge is 0.256 e. The van der Waals surface area contributed by atoms with Gasteiger partial charge in [0.1, 0.15) is 0 Å². The Hall–Kier alpha value is -2.96. The van der Waals surface area contributed by atoms with Crippen LogP contribution in [-0.4, -0.2) is 36.6 Å². The van der Waals surface area contributed by atoms with E-state index in [1.807, 2.05) is 55.5 Å². The van der Waals surface area contributed by atoms with E-state index in [9.17, 15) is 13.2 Å². The van der Waals surface area contributed by atoms with E-state index in [1.54, 1.807) is 35.2 Å². The lowest BCUT2D eigenvalue weighted by atomic mass is 9.91. The Labute approximate surface area is 170 Å². The average Bonchev–Trinajstić information content (AvgIpc) is 3.26. The topological polar surface area (TPSA) is 57.7 Å². The first kappa shape index (κ1) is 18.1. The van der Waals surface area contributed by atoms with Crippen molar-refractivity contribution in [2.24, 2.45) is 0 Å². The van der Waals surface area contributed by atoms with Crippen molar-refractivity contribution in [1.82, 2.24) is 9.21 Å². The van der Waals surface area contributed by atoms with Gasteiger partial charge in [-0.05, 0) is 30.7 Å². The fourth-order valence-electron chi connectivity index (χ4n) is 4.55. The SMILES string of the molecule is Cc1ccc(S(=O)(=O)N2CCN3C(=O)c4ccccc4[C@@]32c2ccccc2)cc1. The number of benzene rings is 3. The Morgan fingerprint density at radius 2 is 1.48 bits per heavy atom. The molecule has 0 bridgehead atoms. The molecule has 6 heteroatoms. The number of sulfonamides is 1. The van der Waals surface area contributed by atoms with Gasteiger partial charge in [0, 0.05) is 24.2 Å². The van der Waals surface area contributed by atoms with Crippen LogP contribution in [0.25, 0.3) is 0 Å². The zero-order valence-electron chi connectivity index (χ0n) is 15.9. The molecule has 1 atom stereocenters. The summed E-state index contributed by atoms with van der Waals surface area (Å²) in [5, 5.41) is 0. The summed E-state index contributed by atoms with van der Waals surface area (Å²) in [6.45, 7) is 2.50. The van der Waals surface area contributed by atoms with Gasteiger partial charge in [-0.1, -0.05) is 66.2 Å². The van der Waals surface area contributed by atoms with E-state index >= 15 is 0 Å². The quantitative estimate of drug-likeness (QED) is 0.673. The van der Waals surface area contributed by atoms with Crippen LogP contribution >= 0.6 is 0 Å². The molecule has 29 heavy (non-hydrogen) atoms. The zero-order valence-corrected chi connectivity index (χ0v) is 16.8. The maximum absolute atomic E-state index is 13.8. The Balaban J connectivity index is 1.80. The summed E-state index contributed by atoms with van der Waals surface area (Å²) in [6.07, 6.45) is 0. The van der Waals surface area contributed by atoms with Crippen LogP contribution in [0.2, 0.25) is 0 Å². The molecule has 1 fully saturated rings. The van der Waals surface area contributed by atoms with E-state index in [4.69, 9.17) is 0 Å². The van der Waals surface area contributed by atoms with Crippen LogP contribution in [0.1, 0.15) is 27.0 Å². The third-order valence-electron chi connectivity index (χ3n) is 5.84. The van der Waals surface area contributed by atoms with Crippen molar-refractivity contribution in [3.63, 3.8) is 0 Å². The molecule has 5 rings (SSSR count). The number of hydrogen-bond donors (Lipinski definition) is 0. The summed E-state index contributed by atoms with van der Waals surface area (Å²) in [5.41, 5.74) is 1.86. The molecule has 0 saturated carbocycles. The van der Waals surface area contributed by atoms with Crippen LogP contribution in [-0.2, 0) is 15.7 Å². The monoisotopic (exact) mass is 404 g/mol. The van der Waals surface area contributed by atoms with Crippen molar-refractivity contribution < 1.29 is 13.2 Å². The number of carbonyl (C=O) groups excluding carboxylic acids is 1. The minimum Gasteiger partial charge on any atom is -0.310 e. The van der Waals surface area contributed by atoms with Gasteiger partial charge in [0.15, 0.2) is 5.66 Å². The molecule has 0 N–H and O–H groups in total. The first-order valence-electron chi connectivity index (χ1n) is 9.54. The predicted octanol–water partition coefficient (Wildman–Crippen LogP) is 3.36. The van der Waals surface area contributed by atoms with Crippen molar-refractivity contribution in [2.45, 2.75) is 17.5 Å². The minimum absolute atomic E-state index is 0.133. The summed E-state index contributed by atoms with van der Waals surface area (Å²) in [6, 6.07) is 23.6. The van der Waals surface area contributed by atoms with Gasteiger partial charge in [0.25, 0.3) is 5.91 Å². The molecule has 1 saturated heterocycles. The molecule has 2 aliphatic heterocycles. The van der Waals surface area contributed by atoms with Crippen molar-refractivity contribution in [3.8, 4) is 0 Å². The van der Waals surface area contributed by atoms with Crippen LogP contribution in [0.4, 0.5) is 0 Å². The van der Waals surface area contributed by atoms with Crippen LogP contribution < -0.4 is 0 Å². The lowest BCUT2D eigenvalue weighted by Crippen LogP contribution is -2.51. The molecule has 3 aromatic carbocycles. The number of fused-ring (bicyclic) bond motifs is 3. The molecule has 1 amide bonds. The first-order chi connectivity index (χ1) is 14.0. The van der Waals surface area contributed by atoms with E-state index in [1.165, 1.54) is 4.31 Å². The highest BCUT2D eigenvalue weighted by atomic mass is 32.2. The molecule has 0 radical (unpaired) electrons. The maximum Gasteiger partial charge on any atom is 0.256 e. The van der Waals surface area contributed by atoms with Crippen LogP contribution in [0.3, 0.4) is 0 Å². The fraction of sp³-hybridized carbons (Fsp3) is 0.174. The van der Waals surface area contributed by atoms with Gasteiger partial charge in [-0.2, -0.15) is 4.31 Å². The Morgan fingerprint density at radius 1 is 0.828 bits per heavy atom. The molecule has 3 aromatic rings. The summed E-state index contributed by atoms with van der Waals surface area (Å²) in [7, 11) is -3.84. The van der Waals surface area contributed by atoms with Gasteiger partial charge in [-0.15, -0.1) is 0 Å². The standard InChI is InChI=1S/C23H20N2O3S/c1-17-11-13-19(14-12-17)29(27,28)25-16-15-24-22(26)20-9-5-6-10-21(20)23(24,25)18-7-3-2-4-8-18/h2-14H,15-16H2,1H3/t23-/m0/s1. The van der Waals surface area contributed by atoms with Crippen molar-refractivity contribution in [2.75, 3.05) is 13.1 Å². The molecule has 0 spiro atoms. The Kier molecular flexibility index (Phi) is 3.91. The van der Waals surface area contributed by atoms with E-state index in [0.717, 1.165) is 11.1 Å². The molecule has 2 heterocycles. The van der Waals surface area contributed by atoms with Crippen molar-refractivity contribution in [1.29, 1.82) is 0 Å². The lowest BCUT2D eigenvalue weighted by Gasteiger charge is -2.39. The van der Waals surface area contributed by atoms with Gasteiger partial charge in [-0.3, -0.25) is 4.79 Å². The second kappa shape index (κ2) is 6.27. The number of nitrogens with zero attached hydrogens (tertiary/aromatic N) is 2. The lowest BCUT2D eigenvalue weighted by molar-refractivity contribution is 0.0618. The average molecular weight is 404 g/mol. The van der Waals surface area contributed by atoms with Crippen LogP contribution in [0.15, 0.2) is 83.8 Å². The van der Waals surface area contributed by atoms with Gasteiger partial charge in [-0.25, -0.2) is 8.42 Å². The van der Waals surface area contributed by atoms with Crippen molar-refractivity contribution in [3.05, 3.63) is 101 Å². The number of carbonyl (C=O) groups is 1. The van der Waals surface area contributed by atoms with Crippen LogP contribution in [0.5, 0.6) is 0 Å². The highest BCUT2D eigenvalue weighted by Gasteiger charge is 2.61. The van der Waals surface area contributed by atoms with Gasteiger partial charge < -0.3 is 4.90 Å². The van der Waals surface area contributed by atoms with Gasteiger partial charge in [0.05, 0.1) is 4.90 Å². The second-order valence-corrected chi connectivity index (χ2v) is 9.29. The highest BCUT2D eigenvalue weighted by Crippen LogP contribution is 2.51. The van der Waals surface area contributed by atoms with Crippen molar-refractivity contribution >= 4 is 15.9 Å². The van der Waals surface area contributed by atoms with Gasteiger partial charge >= 0.3 is 0 Å². The molecule has 0 aliphatic carbocycles. The Bertz CT molecular complexity index is 1210. The zero-order chi connectivity index (χ0) is 20.2. The van der Waals surface area contributed by atoms with E-state index in [0.29, 0.717) is 17.7 Å². The third-order valence-corrected chi connectivity index (χ3v) is 7.74. The number of rotatable bonds is 3. The largest absolute Gasteiger partial charge is 0.310 e. The molecular formula is C23H20N2O3S. The molecule has 0 unspecified atom stereocenters. The molecule has 2 aliphatic rings. The molecule has 0 aromatic heterocycles. The Morgan fingerprint density at radius 3 is 2.21 bits per heavy atom. The number of aryl methyl sites for hydroxylation is 1. The van der Waals surface area contributed by atoms with Gasteiger partial charge in [0.2, 0.25) is 10.0 Å². The summed E-state index contributed by atoms with van der Waals surface area (Å²) >= 11 is 0. The van der Waals surface area contributed by atoms with E-state index in [-0.39, 0.29) is 17.3 Å². The van der Waals surface area contributed by atoms with E-state index < -0.39 is 15.7 Å². The summed E-state index contributed by atoms with van der Waals surface area (Å²) in [5.74, 6) is -0.133. The van der Waals surface area contributed by atoms with Crippen LogP contribution in [0, 0.1) is 6.92 Å². The predicted molar refractivity (Wildman–Crippen MR) is 110 cm³/mol. The number of amides is 1. The third kappa shape index (κ3) is 2.36. The van der Waals surface area contributed by atoms with E-state index in [2.05, 4.69) is 0 Å². The minimum atomic E-state index is -3.84. The molecular weight excluding hydrogens is 384 g/mol. The highest BCUT2D eigenvalue weighted by molar-refractivity contribution is 7.89.